The molecule has 0 spiro atoms. The van der Waals surface area contributed by atoms with Gasteiger partial charge in [-0.2, -0.15) is 5.10 Å². The third-order valence-electron chi connectivity index (χ3n) is 5.57. The van der Waals surface area contributed by atoms with E-state index >= 15 is 0 Å². The van der Waals surface area contributed by atoms with Crippen LogP contribution in [-0.2, 0) is 34.6 Å². The molecule has 13 heteroatoms. The van der Waals surface area contributed by atoms with Gasteiger partial charge in [-0.05, 0) is 31.4 Å². The van der Waals surface area contributed by atoms with Crippen molar-refractivity contribution < 1.29 is 23.4 Å². The molecular weight excluding hydrogens is 494 g/mol. The maximum Gasteiger partial charge on any atom is 0.319 e. The molecule has 3 heterocycles. The summed E-state index contributed by atoms with van der Waals surface area (Å²) in [6, 6.07) is 4.60. The molecule has 0 aliphatic heterocycles. The van der Waals surface area contributed by atoms with Crippen LogP contribution in [0.15, 0.2) is 48.0 Å². The zero-order valence-electron chi connectivity index (χ0n) is 19.1. The SMILES string of the molecule is NCC(=O)OCCCCc1cc2c(=O)n(CC(O)(Cn3cncn3)c3ccc(F)cc3F)cnc2s1. The van der Waals surface area contributed by atoms with Gasteiger partial charge in [0.05, 0.1) is 38.0 Å². The topological polar surface area (TPSA) is 138 Å². The second kappa shape index (κ2) is 11.0. The molecule has 0 radical (unpaired) electrons. The van der Waals surface area contributed by atoms with Crippen molar-refractivity contribution in [2.75, 3.05) is 13.2 Å². The third-order valence-corrected chi connectivity index (χ3v) is 6.67. The minimum atomic E-state index is -1.95. The number of nitrogens with two attached hydrogens (primary N) is 1. The minimum absolute atomic E-state index is 0.157. The second-order valence-corrected chi connectivity index (χ2v) is 9.35. The molecule has 1 atom stereocenters. The van der Waals surface area contributed by atoms with E-state index in [0.29, 0.717) is 29.1 Å². The van der Waals surface area contributed by atoms with Crippen molar-refractivity contribution in [2.24, 2.45) is 5.73 Å². The summed E-state index contributed by atoms with van der Waals surface area (Å²) in [5.41, 5.74) is 2.65. The number of carbonyl (C=O) groups excluding carboxylic acids is 1. The number of halogens is 2. The molecule has 190 valence electrons. The predicted octanol–water partition coefficient (Wildman–Crippen LogP) is 1.74. The number of fused-ring (bicyclic) bond motifs is 1. The number of hydrogen-bond donors (Lipinski definition) is 2. The molecule has 4 rings (SSSR count). The van der Waals surface area contributed by atoms with Crippen molar-refractivity contribution in [3.05, 3.63) is 75.7 Å². The Bertz CT molecular complexity index is 1410. The Morgan fingerprint density at radius 1 is 1.19 bits per heavy atom. The van der Waals surface area contributed by atoms with E-state index in [4.69, 9.17) is 10.5 Å². The number of esters is 1. The van der Waals surface area contributed by atoms with Gasteiger partial charge in [-0.3, -0.25) is 14.2 Å². The smallest absolute Gasteiger partial charge is 0.319 e. The van der Waals surface area contributed by atoms with Gasteiger partial charge in [0.25, 0.3) is 5.56 Å². The number of benzene rings is 1. The molecule has 3 aromatic heterocycles. The van der Waals surface area contributed by atoms with Crippen molar-refractivity contribution in [3.63, 3.8) is 0 Å². The predicted molar refractivity (Wildman–Crippen MR) is 127 cm³/mol. The van der Waals surface area contributed by atoms with E-state index in [0.717, 1.165) is 23.4 Å². The molecule has 10 nitrogen and oxygen atoms in total. The highest BCUT2D eigenvalue weighted by Gasteiger charge is 2.35. The summed E-state index contributed by atoms with van der Waals surface area (Å²) in [7, 11) is 0. The van der Waals surface area contributed by atoms with E-state index in [9.17, 15) is 23.5 Å². The van der Waals surface area contributed by atoms with Crippen LogP contribution in [-0.4, -0.2) is 48.5 Å². The summed E-state index contributed by atoms with van der Waals surface area (Å²) in [5.74, 6) is -2.19. The van der Waals surface area contributed by atoms with Gasteiger partial charge in [0.1, 0.15) is 34.7 Å². The Hall–Kier alpha value is -3.55. The van der Waals surface area contributed by atoms with Crippen molar-refractivity contribution >= 4 is 27.5 Å². The molecule has 3 N–H and O–H groups in total. The highest BCUT2D eigenvalue weighted by molar-refractivity contribution is 7.18. The van der Waals surface area contributed by atoms with E-state index in [1.165, 1.54) is 39.6 Å². The number of aryl methyl sites for hydroxylation is 1. The number of unbranched alkanes of at least 4 members (excludes halogenated alkanes) is 1. The molecule has 1 aromatic carbocycles. The molecule has 0 saturated carbocycles. The Balaban J connectivity index is 1.56. The first-order chi connectivity index (χ1) is 17.3. The number of ether oxygens (including phenoxy) is 1. The number of thiophene rings is 1. The van der Waals surface area contributed by atoms with Gasteiger partial charge in [-0.25, -0.2) is 23.4 Å². The highest BCUT2D eigenvalue weighted by atomic mass is 32.1. The monoisotopic (exact) mass is 518 g/mol. The summed E-state index contributed by atoms with van der Waals surface area (Å²) in [6.07, 6.45) is 5.95. The maximum atomic E-state index is 14.7. The largest absolute Gasteiger partial charge is 0.465 e. The van der Waals surface area contributed by atoms with E-state index < -0.39 is 28.8 Å². The molecule has 4 aromatic rings. The van der Waals surface area contributed by atoms with Crippen LogP contribution in [0.5, 0.6) is 0 Å². The first kappa shape index (κ1) is 25.5. The van der Waals surface area contributed by atoms with Gasteiger partial charge >= 0.3 is 5.97 Å². The Morgan fingerprint density at radius 2 is 2.03 bits per heavy atom. The first-order valence-corrected chi connectivity index (χ1v) is 11.9. The molecule has 36 heavy (non-hydrogen) atoms. The third kappa shape index (κ3) is 5.80. The molecule has 0 aliphatic rings. The quantitative estimate of drug-likeness (QED) is 0.226. The van der Waals surface area contributed by atoms with Crippen LogP contribution in [0.1, 0.15) is 23.3 Å². The van der Waals surface area contributed by atoms with Gasteiger partial charge in [-0.1, -0.05) is 6.07 Å². The summed E-state index contributed by atoms with van der Waals surface area (Å²) in [4.78, 5) is 34.0. The fourth-order valence-electron chi connectivity index (χ4n) is 3.84. The standard InChI is InChI=1S/C23H24F2N6O4S/c24-15-4-5-18(19(25)7-15)23(34,11-31-13-27-12-29-31)10-30-14-28-21-17(22(30)33)8-16(36-21)3-1-2-6-35-20(32)9-26/h4-5,7-8,12-14,34H,1-3,6,9-11,26H2. The minimum Gasteiger partial charge on any atom is -0.465 e. The molecule has 0 amide bonds. The molecule has 0 aliphatic carbocycles. The number of hydrogen-bond acceptors (Lipinski definition) is 9. The number of aromatic nitrogens is 5. The number of aliphatic hydroxyl groups is 1. The van der Waals surface area contributed by atoms with Gasteiger partial charge in [0.15, 0.2) is 0 Å². The molecule has 0 bridgehead atoms. The number of nitrogens with zero attached hydrogens (tertiary/aromatic N) is 5. The van der Waals surface area contributed by atoms with E-state index in [1.54, 1.807) is 6.07 Å². The Kier molecular flexibility index (Phi) is 7.82. The van der Waals surface area contributed by atoms with Crippen molar-refractivity contribution in [2.45, 2.75) is 38.0 Å². The first-order valence-electron chi connectivity index (χ1n) is 11.1. The average molecular weight is 519 g/mol. The van der Waals surface area contributed by atoms with Crippen LogP contribution in [0, 0.1) is 11.6 Å². The summed E-state index contributed by atoms with van der Waals surface area (Å²) >= 11 is 1.37. The van der Waals surface area contributed by atoms with Crippen molar-refractivity contribution in [1.29, 1.82) is 0 Å². The summed E-state index contributed by atoms with van der Waals surface area (Å²) in [6.45, 7) is -0.467. The summed E-state index contributed by atoms with van der Waals surface area (Å²) < 4.78 is 35.7. The molecule has 1 unspecified atom stereocenters. The van der Waals surface area contributed by atoms with E-state index in [2.05, 4.69) is 15.1 Å². The molecule has 0 saturated heterocycles. The van der Waals surface area contributed by atoms with Crippen LogP contribution in [0.2, 0.25) is 0 Å². The fourth-order valence-corrected chi connectivity index (χ4v) is 4.87. The van der Waals surface area contributed by atoms with Crippen LogP contribution in [0.4, 0.5) is 8.78 Å². The lowest BCUT2D eigenvalue weighted by Crippen LogP contribution is -2.40. The maximum absolute atomic E-state index is 14.7. The van der Waals surface area contributed by atoms with Crippen LogP contribution >= 0.6 is 11.3 Å². The average Bonchev–Trinajstić information content (AvgIpc) is 3.50. The fraction of sp³-hybridized carbons (Fsp3) is 0.348. The summed E-state index contributed by atoms with van der Waals surface area (Å²) in [5, 5.41) is 15.9. The normalized spacial score (nSPS) is 13.1. The van der Waals surface area contributed by atoms with Gasteiger partial charge < -0.3 is 15.6 Å². The Morgan fingerprint density at radius 3 is 2.75 bits per heavy atom. The van der Waals surface area contributed by atoms with Crippen LogP contribution < -0.4 is 11.3 Å². The molecule has 0 fully saturated rings. The second-order valence-electron chi connectivity index (χ2n) is 8.24. The van der Waals surface area contributed by atoms with Gasteiger partial charge in [0, 0.05) is 16.5 Å². The van der Waals surface area contributed by atoms with Gasteiger partial charge in [0.2, 0.25) is 0 Å². The number of rotatable bonds is 11. The number of carbonyl (C=O) groups is 1. The Labute approximate surface area is 208 Å². The zero-order valence-corrected chi connectivity index (χ0v) is 20.0. The van der Waals surface area contributed by atoms with Crippen molar-refractivity contribution in [3.8, 4) is 0 Å². The van der Waals surface area contributed by atoms with E-state index in [1.807, 2.05) is 0 Å². The van der Waals surface area contributed by atoms with Crippen LogP contribution in [0.25, 0.3) is 10.2 Å². The molecular formula is C23H24F2N6O4S. The lowest BCUT2D eigenvalue weighted by molar-refractivity contribution is -0.142. The van der Waals surface area contributed by atoms with E-state index in [-0.39, 0.29) is 31.8 Å². The van der Waals surface area contributed by atoms with Crippen molar-refractivity contribution in [1.82, 2.24) is 24.3 Å². The lowest BCUT2D eigenvalue weighted by atomic mass is 9.92. The highest BCUT2D eigenvalue weighted by Crippen LogP contribution is 2.29. The van der Waals surface area contributed by atoms with Crippen LogP contribution in [0.3, 0.4) is 0 Å². The van der Waals surface area contributed by atoms with Gasteiger partial charge in [-0.15, -0.1) is 11.3 Å². The lowest BCUT2D eigenvalue weighted by Gasteiger charge is -2.29. The zero-order chi connectivity index (χ0) is 25.7.